The Bertz CT molecular complexity index is 1070. The van der Waals surface area contributed by atoms with E-state index in [-0.39, 0.29) is 30.8 Å². The fraction of sp³-hybridized carbons (Fsp3) is 0.481. The predicted octanol–water partition coefficient (Wildman–Crippen LogP) is 4.26. The molecule has 8 heteroatoms. The second-order valence-electron chi connectivity index (χ2n) is 9.03. The van der Waals surface area contributed by atoms with Crippen molar-refractivity contribution < 1.29 is 18.0 Å². The van der Waals surface area contributed by atoms with Gasteiger partial charge in [-0.2, -0.15) is 0 Å². The Morgan fingerprint density at radius 1 is 1.00 bits per heavy atom. The number of benzene rings is 2. The minimum absolute atomic E-state index is 0.0154. The quantitative estimate of drug-likeness (QED) is 0.444. The Morgan fingerprint density at radius 2 is 1.69 bits per heavy atom. The lowest BCUT2D eigenvalue weighted by Crippen LogP contribution is -2.50. The molecule has 2 unspecified atom stereocenters. The van der Waals surface area contributed by atoms with Gasteiger partial charge < -0.3 is 10.2 Å². The van der Waals surface area contributed by atoms with Crippen molar-refractivity contribution in [2.24, 2.45) is 0 Å². The van der Waals surface area contributed by atoms with Gasteiger partial charge in [-0.1, -0.05) is 61.9 Å². The van der Waals surface area contributed by atoms with Crippen molar-refractivity contribution in [2.75, 3.05) is 17.1 Å². The summed E-state index contributed by atoms with van der Waals surface area (Å²) in [6.45, 7) is 8.34. The van der Waals surface area contributed by atoms with Crippen molar-refractivity contribution in [1.82, 2.24) is 10.2 Å². The molecule has 35 heavy (non-hydrogen) atoms. The van der Waals surface area contributed by atoms with Crippen LogP contribution in [-0.2, 0) is 26.2 Å². The molecule has 2 atom stereocenters. The number of rotatable bonds is 13. The summed E-state index contributed by atoms with van der Waals surface area (Å²) in [6.07, 6.45) is 2.93. The fourth-order valence-electron chi connectivity index (χ4n) is 3.97. The summed E-state index contributed by atoms with van der Waals surface area (Å²) in [4.78, 5) is 28.1. The molecule has 2 aromatic rings. The zero-order valence-corrected chi connectivity index (χ0v) is 22.3. The van der Waals surface area contributed by atoms with E-state index < -0.39 is 16.1 Å². The Hall–Kier alpha value is -2.87. The summed E-state index contributed by atoms with van der Waals surface area (Å²) in [5, 5.41) is 3.01. The van der Waals surface area contributed by atoms with Crippen LogP contribution in [0.2, 0.25) is 0 Å². The van der Waals surface area contributed by atoms with E-state index in [2.05, 4.69) is 5.32 Å². The lowest BCUT2D eigenvalue weighted by molar-refractivity contribution is -0.141. The molecule has 0 aliphatic carbocycles. The van der Waals surface area contributed by atoms with Crippen LogP contribution in [0.3, 0.4) is 0 Å². The number of para-hydroxylation sites is 1. The van der Waals surface area contributed by atoms with Crippen molar-refractivity contribution in [1.29, 1.82) is 0 Å². The lowest BCUT2D eigenvalue weighted by Gasteiger charge is -2.32. The highest BCUT2D eigenvalue weighted by atomic mass is 32.2. The summed E-state index contributed by atoms with van der Waals surface area (Å²) >= 11 is 0. The molecule has 0 saturated heterocycles. The predicted molar refractivity (Wildman–Crippen MR) is 142 cm³/mol. The molecular weight excluding hydrogens is 462 g/mol. The van der Waals surface area contributed by atoms with Crippen LogP contribution < -0.4 is 9.62 Å². The number of hydrogen-bond donors (Lipinski definition) is 1. The maximum absolute atomic E-state index is 13.4. The average Bonchev–Trinajstić information content (AvgIpc) is 2.81. The van der Waals surface area contributed by atoms with Crippen LogP contribution in [0.1, 0.15) is 57.6 Å². The topological polar surface area (TPSA) is 86.8 Å². The number of aryl methyl sites for hydroxylation is 1. The van der Waals surface area contributed by atoms with Gasteiger partial charge >= 0.3 is 0 Å². The van der Waals surface area contributed by atoms with Crippen LogP contribution in [0, 0.1) is 6.92 Å². The van der Waals surface area contributed by atoms with Gasteiger partial charge in [0.1, 0.15) is 6.04 Å². The molecule has 0 aliphatic heterocycles. The highest BCUT2D eigenvalue weighted by molar-refractivity contribution is 7.92. The van der Waals surface area contributed by atoms with Crippen LogP contribution in [0.25, 0.3) is 0 Å². The molecule has 0 bridgehead atoms. The summed E-state index contributed by atoms with van der Waals surface area (Å²) in [7, 11) is -3.50. The highest BCUT2D eigenvalue weighted by Gasteiger charge is 2.29. The molecule has 0 fully saturated rings. The van der Waals surface area contributed by atoms with Crippen molar-refractivity contribution in [3.8, 4) is 0 Å². The third kappa shape index (κ3) is 8.69. The second kappa shape index (κ2) is 13.3. The van der Waals surface area contributed by atoms with Crippen molar-refractivity contribution in [3.63, 3.8) is 0 Å². The fourth-order valence-corrected chi connectivity index (χ4v) is 4.93. The van der Waals surface area contributed by atoms with Gasteiger partial charge in [0.05, 0.1) is 11.9 Å². The second-order valence-corrected chi connectivity index (χ2v) is 10.9. The van der Waals surface area contributed by atoms with Gasteiger partial charge in [-0.25, -0.2) is 8.42 Å². The van der Waals surface area contributed by atoms with E-state index in [4.69, 9.17) is 0 Å². The zero-order valence-electron chi connectivity index (χ0n) is 21.5. The lowest BCUT2D eigenvalue weighted by atomic mass is 10.1. The Morgan fingerprint density at radius 3 is 2.26 bits per heavy atom. The number of nitrogens with one attached hydrogen (secondary N) is 1. The molecule has 0 saturated carbocycles. The molecule has 0 spiro atoms. The zero-order chi connectivity index (χ0) is 26.0. The van der Waals surface area contributed by atoms with Crippen LogP contribution in [0.4, 0.5) is 5.69 Å². The largest absolute Gasteiger partial charge is 0.352 e. The standard InChI is InChI=1S/C27H39N3O4S/c1-6-22(4)28-27(32)25(7-2)29(20-23-14-11-13-21(3)19-23)26(31)17-12-18-30(35(5,33)34)24-15-9-8-10-16-24/h8-11,13-16,19,22,25H,6-7,12,17-18,20H2,1-5H3,(H,28,32). The number of anilines is 1. The van der Waals surface area contributed by atoms with Crippen LogP contribution in [-0.4, -0.2) is 50.0 Å². The molecule has 2 amide bonds. The first-order chi connectivity index (χ1) is 16.6. The molecule has 2 rings (SSSR count). The maximum atomic E-state index is 13.4. The van der Waals surface area contributed by atoms with Gasteiger partial charge in [0, 0.05) is 25.6 Å². The molecule has 0 aliphatic rings. The van der Waals surface area contributed by atoms with E-state index in [0.29, 0.717) is 25.1 Å². The van der Waals surface area contributed by atoms with Crippen LogP contribution in [0.15, 0.2) is 54.6 Å². The molecule has 7 nitrogen and oxygen atoms in total. The molecular formula is C27H39N3O4S. The van der Waals surface area contributed by atoms with Crippen molar-refractivity contribution >= 4 is 27.5 Å². The molecule has 192 valence electrons. The van der Waals surface area contributed by atoms with Gasteiger partial charge in [-0.15, -0.1) is 0 Å². The van der Waals surface area contributed by atoms with Crippen LogP contribution in [0.5, 0.6) is 0 Å². The number of sulfonamides is 1. The Balaban J connectivity index is 2.21. The van der Waals surface area contributed by atoms with E-state index in [9.17, 15) is 18.0 Å². The van der Waals surface area contributed by atoms with Crippen molar-refractivity contribution in [2.45, 2.75) is 72.0 Å². The first-order valence-corrected chi connectivity index (χ1v) is 14.1. The minimum atomic E-state index is -3.50. The summed E-state index contributed by atoms with van der Waals surface area (Å²) in [6, 6.07) is 16.2. The normalized spacial score (nSPS) is 13.1. The Labute approximate surface area is 210 Å². The van der Waals surface area contributed by atoms with Gasteiger partial charge in [-0.3, -0.25) is 13.9 Å². The average molecular weight is 502 g/mol. The third-order valence-corrected chi connectivity index (χ3v) is 7.21. The van der Waals surface area contributed by atoms with E-state index in [0.717, 1.165) is 23.8 Å². The SMILES string of the molecule is CCC(C)NC(=O)C(CC)N(Cc1cccc(C)c1)C(=O)CCCN(c1ccccc1)S(C)(=O)=O. The van der Waals surface area contributed by atoms with Gasteiger partial charge in [0.2, 0.25) is 21.8 Å². The van der Waals surface area contributed by atoms with Gasteiger partial charge in [-0.05, 0) is 50.8 Å². The van der Waals surface area contributed by atoms with Gasteiger partial charge in [0.15, 0.2) is 0 Å². The van der Waals surface area contributed by atoms with E-state index >= 15 is 0 Å². The number of carbonyl (C=O) groups is 2. The molecule has 2 aromatic carbocycles. The maximum Gasteiger partial charge on any atom is 0.243 e. The number of nitrogens with zero attached hydrogens (tertiary/aromatic N) is 2. The number of amides is 2. The minimum Gasteiger partial charge on any atom is -0.352 e. The number of carbonyl (C=O) groups excluding carboxylic acids is 2. The third-order valence-electron chi connectivity index (χ3n) is 6.02. The first-order valence-electron chi connectivity index (χ1n) is 12.2. The number of hydrogen-bond acceptors (Lipinski definition) is 4. The molecule has 0 aromatic heterocycles. The van der Waals surface area contributed by atoms with Gasteiger partial charge in [0.25, 0.3) is 0 Å². The monoisotopic (exact) mass is 501 g/mol. The summed E-state index contributed by atoms with van der Waals surface area (Å²) in [5.74, 6) is -0.330. The first kappa shape index (κ1) is 28.4. The smallest absolute Gasteiger partial charge is 0.243 e. The Kier molecular flexibility index (Phi) is 10.8. The van der Waals surface area contributed by atoms with E-state index in [1.54, 1.807) is 29.2 Å². The highest BCUT2D eigenvalue weighted by Crippen LogP contribution is 2.19. The van der Waals surface area contributed by atoms with E-state index in [1.165, 1.54) is 4.31 Å². The van der Waals surface area contributed by atoms with Crippen LogP contribution >= 0.6 is 0 Å². The summed E-state index contributed by atoms with van der Waals surface area (Å²) in [5.41, 5.74) is 2.60. The summed E-state index contributed by atoms with van der Waals surface area (Å²) < 4.78 is 26.1. The van der Waals surface area contributed by atoms with Crippen molar-refractivity contribution in [3.05, 3.63) is 65.7 Å². The van der Waals surface area contributed by atoms with E-state index in [1.807, 2.05) is 58.0 Å². The molecule has 1 N–H and O–H groups in total. The molecule has 0 radical (unpaired) electrons. The molecule has 0 heterocycles.